The van der Waals surface area contributed by atoms with E-state index < -0.39 is 0 Å². The fraction of sp³-hybridized carbons (Fsp3) is 0.182. The molecule has 2 aromatic rings. The summed E-state index contributed by atoms with van der Waals surface area (Å²) in [5, 5.41) is 14.7. The number of aryl methyl sites for hydroxylation is 1. The molecule has 0 unspecified atom stereocenters. The number of hydrogen-bond donors (Lipinski definition) is 0. The van der Waals surface area contributed by atoms with Crippen molar-refractivity contribution in [3.63, 3.8) is 0 Å². The molecule has 1 aromatic carbocycles. The minimum atomic E-state index is 0.00366. The summed E-state index contributed by atoms with van der Waals surface area (Å²) in [6.07, 6.45) is 0.695. The summed E-state index contributed by atoms with van der Waals surface area (Å²) in [6.45, 7) is 1.64. The van der Waals surface area contributed by atoms with Crippen LogP contribution in [0.2, 0.25) is 0 Å². The summed E-state index contributed by atoms with van der Waals surface area (Å²) >= 11 is 0. The molecule has 0 aliphatic carbocycles. The highest BCUT2D eigenvalue weighted by Crippen LogP contribution is 2.17. The zero-order chi connectivity index (χ0) is 12.3. The molecule has 2 rings (SSSR count). The van der Waals surface area contributed by atoms with Crippen molar-refractivity contribution in [1.29, 1.82) is 0 Å². The van der Waals surface area contributed by atoms with Gasteiger partial charge in [-0.2, -0.15) is 0 Å². The third-order valence-electron chi connectivity index (χ3n) is 2.30. The first kappa shape index (κ1) is 11.1. The van der Waals surface area contributed by atoms with Crippen LogP contribution >= 0.6 is 0 Å². The van der Waals surface area contributed by atoms with E-state index in [-0.39, 0.29) is 12.3 Å². The third-order valence-corrected chi connectivity index (χ3v) is 2.30. The number of aromatic nitrogens is 2. The molecule has 0 aliphatic heterocycles. The number of aldehydes is 1. The van der Waals surface area contributed by atoms with E-state index in [0.717, 1.165) is 0 Å². The highest BCUT2D eigenvalue weighted by atomic mass is 16.8. The van der Waals surface area contributed by atoms with Gasteiger partial charge in [0.2, 0.25) is 11.4 Å². The molecule has 6 nitrogen and oxygen atoms in total. The number of rotatable bonds is 4. The van der Waals surface area contributed by atoms with Gasteiger partial charge in [0.1, 0.15) is 5.75 Å². The van der Waals surface area contributed by atoms with Crippen LogP contribution in [0.15, 0.2) is 28.9 Å². The Morgan fingerprint density at radius 1 is 1.53 bits per heavy atom. The van der Waals surface area contributed by atoms with Crippen molar-refractivity contribution in [3.8, 4) is 5.75 Å². The zero-order valence-electron chi connectivity index (χ0n) is 9.12. The number of carbonyl (C=O) groups excluding carboxylic acids is 1. The van der Waals surface area contributed by atoms with Crippen LogP contribution in [0.25, 0.3) is 0 Å². The Morgan fingerprint density at radius 2 is 2.29 bits per heavy atom. The van der Waals surface area contributed by atoms with Crippen LogP contribution in [-0.4, -0.2) is 11.4 Å². The van der Waals surface area contributed by atoms with Gasteiger partial charge >= 0.3 is 0 Å². The Kier molecular flexibility index (Phi) is 3.04. The Bertz CT molecular complexity index is 517. The van der Waals surface area contributed by atoms with Crippen molar-refractivity contribution in [1.82, 2.24) is 5.16 Å². The number of hydrogen-bond acceptors (Lipinski definition) is 5. The predicted octanol–water partition coefficient (Wildman–Crippen LogP) is 1.01. The van der Waals surface area contributed by atoms with E-state index in [9.17, 15) is 10.0 Å². The van der Waals surface area contributed by atoms with Gasteiger partial charge in [0.15, 0.2) is 12.9 Å². The lowest BCUT2D eigenvalue weighted by molar-refractivity contribution is -0.808. The smallest absolute Gasteiger partial charge is 0.235 e. The average Bonchev–Trinajstić information content (AvgIpc) is 2.67. The van der Waals surface area contributed by atoms with Crippen LogP contribution in [0.3, 0.4) is 0 Å². The topological polar surface area (TPSA) is 79.3 Å². The second kappa shape index (κ2) is 4.65. The van der Waals surface area contributed by atoms with Gasteiger partial charge in [0, 0.05) is 12.1 Å². The van der Waals surface area contributed by atoms with Crippen LogP contribution in [0.4, 0.5) is 0 Å². The van der Waals surface area contributed by atoms with Crippen LogP contribution in [0, 0.1) is 12.1 Å². The number of benzene rings is 1. The lowest BCUT2D eigenvalue weighted by Gasteiger charge is -2.05. The van der Waals surface area contributed by atoms with Gasteiger partial charge in [-0.05, 0) is 17.0 Å². The maximum atomic E-state index is 11.2. The first-order chi connectivity index (χ1) is 8.22. The fourth-order valence-electron chi connectivity index (χ4n) is 1.34. The van der Waals surface area contributed by atoms with Crippen molar-refractivity contribution >= 4 is 6.29 Å². The first-order valence-electron chi connectivity index (χ1n) is 4.94. The fourth-order valence-corrected chi connectivity index (χ4v) is 1.34. The van der Waals surface area contributed by atoms with Crippen molar-refractivity contribution in [2.45, 2.75) is 13.5 Å². The second-order valence-electron chi connectivity index (χ2n) is 3.41. The molecule has 0 amide bonds. The monoisotopic (exact) mass is 234 g/mol. The Labute approximate surface area is 97.0 Å². The molecule has 0 fully saturated rings. The summed E-state index contributed by atoms with van der Waals surface area (Å²) in [7, 11) is 0. The molecule has 0 spiro atoms. The van der Waals surface area contributed by atoms with Crippen molar-refractivity contribution in [2.24, 2.45) is 0 Å². The molecule has 1 aromatic heterocycles. The molecule has 0 saturated carbocycles. The van der Waals surface area contributed by atoms with Gasteiger partial charge < -0.3 is 9.94 Å². The van der Waals surface area contributed by atoms with Crippen molar-refractivity contribution in [2.75, 3.05) is 0 Å². The molecule has 0 atom stereocenters. The molecule has 0 aliphatic rings. The minimum absolute atomic E-state index is 0.00366. The van der Waals surface area contributed by atoms with Crippen molar-refractivity contribution < 1.29 is 19.1 Å². The first-order valence-corrected chi connectivity index (χ1v) is 4.94. The molecule has 0 saturated heterocycles. The third kappa shape index (κ3) is 2.25. The van der Waals surface area contributed by atoms with Gasteiger partial charge in [-0.3, -0.25) is 9.42 Å². The maximum Gasteiger partial charge on any atom is 0.235 e. The van der Waals surface area contributed by atoms with E-state index in [0.29, 0.717) is 28.2 Å². The number of nitrogens with zero attached hydrogens (tertiary/aromatic N) is 2. The van der Waals surface area contributed by atoms with Gasteiger partial charge in [-0.1, -0.05) is 12.1 Å². The Hall–Kier alpha value is -2.37. The van der Waals surface area contributed by atoms with E-state index >= 15 is 0 Å². The Balaban J connectivity index is 2.15. The zero-order valence-corrected chi connectivity index (χ0v) is 9.12. The number of ether oxygens (including phenoxy) is 1. The normalized spacial score (nSPS) is 10.2. The Morgan fingerprint density at radius 3 is 2.94 bits per heavy atom. The van der Waals surface area contributed by atoms with E-state index in [2.05, 4.69) is 9.79 Å². The lowest BCUT2D eigenvalue weighted by atomic mass is 10.2. The van der Waals surface area contributed by atoms with Crippen LogP contribution in [0.5, 0.6) is 5.75 Å². The van der Waals surface area contributed by atoms with Crippen LogP contribution < -0.4 is 9.64 Å². The van der Waals surface area contributed by atoms with Gasteiger partial charge in [-0.15, -0.1) is 0 Å². The van der Waals surface area contributed by atoms with E-state index in [4.69, 9.17) is 4.74 Å². The van der Waals surface area contributed by atoms with E-state index in [1.54, 1.807) is 31.2 Å². The van der Waals surface area contributed by atoms with Gasteiger partial charge in [0.05, 0.1) is 5.56 Å². The number of carbonyl (C=O) groups is 1. The summed E-state index contributed by atoms with van der Waals surface area (Å²) in [5.41, 5.74) is 1.17. The van der Waals surface area contributed by atoms with E-state index in [1.165, 1.54) is 0 Å². The molecule has 88 valence electrons. The van der Waals surface area contributed by atoms with E-state index in [1.807, 2.05) is 0 Å². The maximum absolute atomic E-state index is 11.2. The summed E-state index contributed by atoms with van der Waals surface area (Å²) in [5.74, 6) is 0.420. The lowest BCUT2D eigenvalue weighted by Crippen LogP contribution is -2.29. The highest BCUT2D eigenvalue weighted by molar-refractivity contribution is 5.79. The molecule has 0 N–H and O–H groups in total. The number of para-hydroxylation sites is 1. The van der Waals surface area contributed by atoms with Crippen LogP contribution in [-0.2, 0) is 6.61 Å². The average molecular weight is 234 g/mol. The molecule has 17 heavy (non-hydrogen) atoms. The summed E-state index contributed by atoms with van der Waals surface area (Å²) in [4.78, 5) is 11.0. The molecule has 1 heterocycles. The second-order valence-corrected chi connectivity index (χ2v) is 3.41. The molecular formula is C11H10N2O4. The quantitative estimate of drug-likeness (QED) is 0.582. The SMILES string of the molecule is Cc1no[n+]([O-])c1COc1ccccc1C=O. The van der Waals surface area contributed by atoms with Gasteiger partial charge in [0.25, 0.3) is 0 Å². The largest absolute Gasteiger partial charge is 0.484 e. The molecular weight excluding hydrogens is 224 g/mol. The summed E-state index contributed by atoms with van der Waals surface area (Å²) in [6, 6.07) is 6.76. The minimum Gasteiger partial charge on any atom is -0.484 e. The molecule has 6 heteroatoms. The predicted molar refractivity (Wildman–Crippen MR) is 56.4 cm³/mol. The van der Waals surface area contributed by atoms with Crippen LogP contribution in [0.1, 0.15) is 21.7 Å². The van der Waals surface area contributed by atoms with Crippen molar-refractivity contribution in [3.05, 3.63) is 46.4 Å². The molecule has 0 radical (unpaired) electrons. The van der Waals surface area contributed by atoms with Gasteiger partial charge in [-0.25, -0.2) is 0 Å². The highest BCUT2D eigenvalue weighted by Gasteiger charge is 2.15. The summed E-state index contributed by atoms with van der Waals surface area (Å²) < 4.78 is 9.78. The standard InChI is InChI=1S/C11H10N2O4/c1-8-10(13(15)17-12-8)7-16-11-5-3-2-4-9(11)6-14/h2-6H,7H2,1H3. The molecule has 0 bridgehead atoms.